The Morgan fingerprint density at radius 3 is 2.75 bits per heavy atom. The molecular weight excluding hydrogens is 326 g/mol. The smallest absolute Gasteiger partial charge is 0.259 e. The van der Waals surface area contributed by atoms with Crippen molar-refractivity contribution in [1.82, 2.24) is 24.2 Å². The Bertz CT molecular complexity index is 932. The molecular formula is C16H17N5O2S. The number of imidazole rings is 1. The maximum absolute atomic E-state index is 12.3. The molecule has 0 radical (unpaired) electrons. The molecule has 0 spiro atoms. The van der Waals surface area contributed by atoms with Crippen LogP contribution >= 0.6 is 0 Å². The molecule has 0 aromatic carbocycles. The average molecular weight is 343 g/mol. The Morgan fingerprint density at radius 2 is 2.08 bits per heavy atom. The number of hydrogen-bond donors (Lipinski definition) is 1. The van der Waals surface area contributed by atoms with E-state index in [9.17, 15) is 8.42 Å². The van der Waals surface area contributed by atoms with Crippen LogP contribution in [0, 0.1) is 6.92 Å². The minimum atomic E-state index is -3.65. The van der Waals surface area contributed by atoms with Gasteiger partial charge in [-0.05, 0) is 36.8 Å². The summed E-state index contributed by atoms with van der Waals surface area (Å²) in [6.45, 7) is 1.91. The van der Waals surface area contributed by atoms with Gasteiger partial charge in [-0.3, -0.25) is 9.97 Å². The van der Waals surface area contributed by atoms with E-state index in [1.807, 2.05) is 18.2 Å². The summed E-state index contributed by atoms with van der Waals surface area (Å²) in [7, 11) is -1.90. The summed E-state index contributed by atoms with van der Waals surface area (Å²) in [5, 5.41) is 0.0176. The molecule has 0 unspecified atom stereocenters. The minimum Gasteiger partial charge on any atom is -0.337 e. The first-order valence-corrected chi connectivity index (χ1v) is 8.79. The molecule has 3 aromatic heterocycles. The first-order chi connectivity index (χ1) is 11.5. The van der Waals surface area contributed by atoms with Crippen LogP contribution in [-0.2, 0) is 23.6 Å². The van der Waals surface area contributed by atoms with E-state index < -0.39 is 10.0 Å². The van der Waals surface area contributed by atoms with Gasteiger partial charge in [-0.15, -0.1) is 0 Å². The average Bonchev–Trinajstić information content (AvgIpc) is 2.94. The van der Waals surface area contributed by atoms with Crippen LogP contribution in [0.15, 0.2) is 54.1 Å². The highest BCUT2D eigenvalue weighted by Gasteiger charge is 2.18. The van der Waals surface area contributed by atoms with Gasteiger partial charge in [-0.25, -0.2) is 18.1 Å². The molecule has 0 aliphatic heterocycles. The molecule has 8 heteroatoms. The van der Waals surface area contributed by atoms with Gasteiger partial charge in [0.2, 0.25) is 0 Å². The van der Waals surface area contributed by atoms with Gasteiger partial charge in [-0.1, -0.05) is 0 Å². The van der Waals surface area contributed by atoms with Crippen molar-refractivity contribution < 1.29 is 8.42 Å². The van der Waals surface area contributed by atoms with Gasteiger partial charge in [0.25, 0.3) is 10.0 Å². The van der Waals surface area contributed by atoms with Gasteiger partial charge in [0.05, 0.1) is 5.69 Å². The molecule has 3 aromatic rings. The SMILES string of the molecule is Cc1nc(S(=O)(=O)NCc2ccnc(-c3cccnc3)c2)cn1C. The van der Waals surface area contributed by atoms with Crippen molar-refractivity contribution in [3.05, 3.63) is 60.4 Å². The van der Waals surface area contributed by atoms with Gasteiger partial charge in [0, 0.05) is 43.9 Å². The molecule has 7 nitrogen and oxygen atoms in total. The molecule has 0 saturated carbocycles. The second kappa shape index (κ2) is 6.50. The summed E-state index contributed by atoms with van der Waals surface area (Å²) in [4.78, 5) is 12.4. The monoisotopic (exact) mass is 343 g/mol. The van der Waals surface area contributed by atoms with Crippen LogP contribution in [0.2, 0.25) is 0 Å². The van der Waals surface area contributed by atoms with E-state index in [0.717, 1.165) is 16.8 Å². The van der Waals surface area contributed by atoms with Gasteiger partial charge in [0.15, 0.2) is 5.03 Å². The summed E-state index contributed by atoms with van der Waals surface area (Å²) in [6, 6.07) is 7.34. The third-order valence-electron chi connectivity index (χ3n) is 3.61. The van der Waals surface area contributed by atoms with Crippen LogP contribution in [0.3, 0.4) is 0 Å². The van der Waals surface area contributed by atoms with E-state index in [0.29, 0.717) is 5.82 Å². The summed E-state index contributed by atoms with van der Waals surface area (Å²) in [5.41, 5.74) is 2.43. The zero-order valence-corrected chi connectivity index (χ0v) is 14.2. The first kappa shape index (κ1) is 16.3. The molecule has 0 bridgehead atoms. The second-order valence-corrected chi connectivity index (χ2v) is 7.07. The van der Waals surface area contributed by atoms with E-state index >= 15 is 0 Å². The third kappa shape index (κ3) is 3.50. The molecule has 24 heavy (non-hydrogen) atoms. The Hall–Kier alpha value is -2.58. The number of nitrogens with zero attached hydrogens (tertiary/aromatic N) is 4. The lowest BCUT2D eigenvalue weighted by Gasteiger charge is -2.06. The molecule has 3 rings (SSSR count). The number of aromatic nitrogens is 4. The number of pyridine rings is 2. The summed E-state index contributed by atoms with van der Waals surface area (Å²) in [6.07, 6.45) is 6.55. The van der Waals surface area contributed by atoms with Gasteiger partial charge < -0.3 is 4.57 Å². The normalized spacial score (nSPS) is 11.6. The standard InChI is InChI=1S/C16H17N5O2S/c1-12-20-16(11-21(12)2)24(22,23)19-9-13-5-7-18-15(8-13)14-4-3-6-17-10-14/h3-8,10-11,19H,9H2,1-2H3. The molecule has 1 N–H and O–H groups in total. The Morgan fingerprint density at radius 1 is 1.25 bits per heavy atom. The fourth-order valence-corrected chi connectivity index (χ4v) is 3.22. The quantitative estimate of drug-likeness (QED) is 0.761. The number of aryl methyl sites for hydroxylation is 2. The molecule has 0 aliphatic rings. The molecule has 0 saturated heterocycles. The highest BCUT2D eigenvalue weighted by atomic mass is 32.2. The molecule has 0 atom stereocenters. The third-order valence-corrected chi connectivity index (χ3v) is 4.88. The van der Waals surface area contributed by atoms with E-state index in [4.69, 9.17) is 0 Å². The highest BCUT2D eigenvalue weighted by Crippen LogP contribution is 2.16. The summed E-state index contributed by atoms with van der Waals surface area (Å²) < 4.78 is 28.9. The minimum absolute atomic E-state index is 0.0176. The Labute approximate surface area is 140 Å². The lowest BCUT2D eigenvalue weighted by Crippen LogP contribution is -2.23. The predicted octanol–water partition coefficient (Wildman–Crippen LogP) is 1.66. The lowest BCUT2D eigenvalue weighted by atomic mass is 10.1. The van der Waals surface area contributed by atoms with Crippen LogP contribution in [0.1, 0.15) is 11.4 Å². The van der Waals surface area contributed by atoms with E-state index in [2.05, 4.69) is 19.7 Å². The lowest BCUT2D eigenvalue weighted by molar-refractivity contribution is 0.578. The highest BCUT2D eigenvalue weighted by molar-refractivity contribution is 7.89. The first-order valence-electron chi connectivity index (χ1n) is 7.31. The van der Waals surface area contributed by atoms with Crippen LogP contribution in [-0.4, -0.2) is 27.9 Å². The van der Waals surface area contributed by atoms with Crippen molar-refractivity contribution >= 4 is 10.0 Å². The maximum atomic E-state index is 12.3. The predicted molar refractivity (Wildman–Crippen MR) is 89.4 cm³/mol. The van der Waals surface area contributed by atoms with Crippen molar-refractivity contribution in [2.45, 2.75) is 18.5 Å². The number of sulfonamides is 1. The fraction of sp³-hybridized carbons (Fsp3) is 0.188. The van der Waals surface area contributed by atoms with Crippen LogP contribution in [0.25, 0.3) is 11.3 Å². The molecule has 0 aliphatic carbocycles. The van der Waals surface area contributed by atoms with Crippen molar-refractivity contribution in [2.75, 3.05) is 0 Å². The van der Waals surface area contributed by atoms with Crippen molar-refractivity contribution in [2.24, 2.45) is 7.05 Å². The summed E-state index contributed by atoms with van der Waals surface area (Å²) in [5.74, 6) is 0.637. The van der Waals surface area contributed by atoms with Crippen molar-refractivity contribution in [3.8, 4) is 11.3 Å². The van der Waals surface area contributed by atoms with Crippen LogP contribution in [0.5, 0.6) is 0 Å². The van der Waals surface area contributed by atoms with Crippen LogP contribution in [0.4, 0.5) is 0 Å². The van der Waals surface area contributed by atoms with Crippen molar-refractivity contribution in [1.29, 1.82) is 0 Å². The van der Waals surface area contributed by atoms with E-state index in [1.165, 1.54) is 6.20 Å². The Balaban J connectivity index is 1.77. The topological polar surface area (TPSA) is 89.8 Å². The van der Waals surface area contributed by atoms with Gasteiger partial charge >= 0.3 is 0 Å². The zero-order chi connectivity index (χ0) is 17.2. The number of hydrogen-bond acceptors (Lipinski definition) is 5. The molecule has 0 amide bonds. The summed E-state index contributed by atoms with van der Waals surface area (Å²) >= 11 is 0. The molecule has 0 fully saturated rings. The van der Waals surface area contributed by atoms with Gasteiger partial charge in [-0.2, -0.15) is 0 Å². The Kier molecular flexibility index (Phi) is 4.41. The maximum Gasteiger partial charge on any atom is 0.259 e. The van der Waals surface area contributed by atoms with Crippen molar-refractivity contribution in [3.63, 3.8) is 0 Å². The molecule has 124 valence electrons. The van der Waals surface area contributed by atoms with E-state index in [-0.39, 0.29) is 11.6 Å². The number of nitrogens with one attached hydrogen (secondary N) is 1. The largest absolute Gasteiger partial charge is 0.337 e. The zero-order valence-electron chi connectivity index (χ0n) is 13.3. The fourth-order valence-electron chi connectivity index (χ4n) is 2.16. The molecule has 3 heterocycles. The van der Waals surface area contributed by atoms with Gasteiger partial charge in [0.1, 0.15) is 5.82 Å². The van der Waals surface area contributed by atoms with Crippen LogP contribution < -0.4 is 4.72 Å². The second-order valence-electron chi connectivity index (χ2n) is 5.35. The van der Waals surface area contributed by atoms with E-state index in [1.54, 1.807) is 43.2 Å². The number of rotatable bonds is 5.